The molecule has 0 saturated heterocycles. The summed E-state index contributed by atoms with van der Waals surface area (Å²) in [7, 11) is 2.45. The molecule has 114 valence electrons. The van der Waals surface area contributed by atoms with Crippen LogP contribution in [0.25, 0.3) is 0 Å². The second-order valence-electron chi connectivity index (χ2n) is 5.37. The van der Waals surface area contributed by atoms with Crippen LogP contribution in [0.3, 0.4) is 0 Å². The van der Waals surface area contributed by atoms with E-state index in [0.29, 0.717) is 0 Å². The predicted molar refractivity (Wildman–Crippen MR) is 80.7 cm³/mol. The minimum Gasteiger partial charge on any atom is -0.545 e. The maximum absolute atomic E-state index is 9.14. The molecule has 3 nitrogen and oxygen atoms in total. The van der Waals surface area contributed by atoms with Crippen molar-refractivity contribution in [3.63, 3.8) is 0 Å². The van der Waals surface area contributed by atoms with Gasteiger partial charge in [0.25, 0.3) is 0 Å². The molecule has 0 heterocycles. The van der Waals surface area contributed by atoms with E-state index >= 15 is 0 Å². The lowest BCUT2D eigenvalue weighted by molar-refractivity contribution is -0.910. The summed E-state index contributed by atoms with van der Waals surface area (Å²) in [6.07, 6.45) is 8.92. The highest BCUT2D eigenvalue weighted by molar-refractivity contribution is 5.76. The second-order valence-corrected chi connectivity index (χ2v) is 5.37. The van der Waals surface area contributed by atoms with E-state index < -0.39 is 5.97 Å². The van der Waals surface area contributed by atoms with Gasteiger partial charge in [0.1, 0.15) is 0 Å². The van der Waals surface area contributed by atoms with Crippen molar-refractivity contribution in [3.8, 4) is 0 Å². The Hall–Kier alpha value is -0.830. The number of hydrogen-bond acceptors (Lipinski definition) is 2. The number of quaternary nitrogens is 1. The van der Waals surface area contributed by atoms with Crippen LogP contribution in [-0.2, 0) is 4.79 Å². The van der Waals surface area contributed by atoms with Gasteiger partial charge in [-0.05, 0) is 25.3 Å². The zero-order chi connectivity index (χ0) is 15.1. The van der Waals surface area contributed by atoms with Gasteiger partial charge in [-0.1, -0.05) is 46.6 Å². The van der Waals surface area contributed by atoms with Crippen LogP contribution in [-0.4, -0.2) is 37.1 Å². The molecular formula is C16H33NO2. The van der Waals surface area contributed by atoms with Gasteiger partial charge in [-0.15, -0.1) is 0 Å². The van der Waals surface area contributed by atoms with Gasteiger partial charge < -0.3 is 14.4 Å². The molecule has 0 aliphatic carbocycles. The Balaban J connectivity index is 0. The fraction of sp³-hybridized carbons (Fsp3) is 0.812. The lowest BCUT2D eigenvalue weighted by Gasteiger charge is -2.34. The van der Waals surface area contributed by atoms with E-state index in [9.17, 15) is 0 Å². The highest BCUT2D eigenvalue weighted by Gasteiger charge is 2.18. The van der Waals surface area contributed by atoms with Crippen LogP contribution in [0.15, 0.2) is 12.7 Å². The largest absolute Gasteiger partial charge is 0.545 e. The normalized spacial score (nSPS) is 10.5. The number of carboxylic acid groups (broad SMARTS) is 1. The van der Waals surface area contributed by atoms with Gasteiger partial charge in [0.05, 0.1) is 32.7 Å². The smallest absolute Gasteiger partial charge is 0.0784 e. The monoisotopic (exact) mass is 271 g/mol. The molecule has 0 atom stereocenters. The third kappa shape index (κ3) is 15.1. The van der Waals surface area contributed by atoms with Gasteiger partial charge in [-0.25, -0.2) is 0 Å². The first-order chi connectivity index (χ1) is 8.95. The third-order valence-electron chi connectivity index (χ3n) is 3.32. The molecule has 0 rings (SSSR count). The van der Waals surface area contributed by atoms with Gasteiger partial charge in [-0.3, -0.25) is 0 Å². The van der Waals surface area contributed by atoms with Gasteiger partial charge in [0.2, 0.25) is 0 Å². The molecule has 0 spiro atoms. The molecule has 0 N–H and O–H groups in total. The molecular weight excluding hydrogens is 238 g/mol. The van der Waals surface area contributed by atoms with Crippen molar-refractivity contribution in [1.29, 1.82) is 0 Å². The van der Waals surface area contributed by atoms with Crippen LogP contribution in [0.1, 0.15) is 59.3 Å². The van der Waals surface area contributed by atoms with E-state index in [2.05, 4.69) is 34.4 Å². The number of unbranched alkanes of at least 4 members (excludes halogenated alkanes) is 3. The second kappa shape index (κ2) is 13.6. The standard InChI is InChI=1S/C13H30N.C3H4O2/c1-5-8-11-14(4,12-9-6-2)13-10-7-3;1-2-3(4)5/h5-13H2,1-4H3;2H,1H2,(H,4,5)/q+1;/p-1. The molecule has 0 aromatic heterocycles. The van der Waals surface area contributed by atoms with Crippen molar-refractivity contribution >= 4 is 5.97 Å². The SMILES string of the molecule is C=CC(=O)[O-].CCCC[N+](C)(CCCC)CCCC. The van der Waals surface area contributed by atoms with Gasteiger partial charge >= 0.3 is 0 Å². The average molecular weight is 271 g/mol. The number of carbonyl (C=O) groups excluding carboxylic acids is 1. The molecule has 0 bridgehead atoms. The first kappa shape index (κ1) is 20.5. The van der Waals surface area contributed by atoms with E-state index in [-0.39, 0.29) is 0 Å². The van der Waals surface area contributed by atoms with Gasteiger partial charge in [0, 0.05) is 0 Å². The lowest BCUT2D eigenvalue weighted by atomic mass is 10.2. The van der Waals surface area contributed by atoms with Crippen LogP contribution >= 0.6 is 0 Å². The molecule has 19 heavy (non-hydrogen) atoms. The number of carboxylic acids is 1. The Morgan fingerprint density at radius 3 is 1.42 bits per heavy atom. The Morgan fingerprint density at radius 1 is 1.00 bits per heavy atom. The lowest BCUT2D eigenvalue weighted by Crippen LogP contribution is -2.46. The first-order valence-corrected chi connectivity index (χ1v) is 7.62. The Morgan fingerprint density at radius 2 is 1.26 bits per heavy atom. The minimum atomic E-state index is -1.23. The number of nitrogens with zero attached hydrogens (tertiary/aromatic N) is 1. The van der Waals surface area contributed by atoms with Crippen LogP contribution in [0.5, 0.6) is 0 Å². The zero-order valence-electron chi connectivity index (χ0n) is 13.4. The summed E-state index contributed by atoms with van der Waals surface area (Å²) in [5, 5.41) is 9.14. The van der Waals surface area contributed by atoms with Crippen molar-refractivity contribution in [1.82, 2.24) is 0 Å². The van der Waals surface area contributed by atoms with E-state index in [4.69, 9.17) is 9.90 Å². The number of carbonyl (C=O) groups is 1. The van der Waals surface area contributed by atoms with Crippen LogP contribution in [0, 0.1) is 0 Å². The molecule has 0 aliphatic rings. The quantitative estimate of drug-likeness (QED) is 0.453. The Kier molecular flexibility index (Phi) is 14.7. The molecule has 0 saturated carbocycles. The fourth-order valence-electron chi connectivity index (χ4n) is 1.95. The van der Waals surface area contributed by atoms with Crippen molar-refractivity contribution < 1.29 is 14.4 Å². The molecule has 0 aromatic rings. The number of aliphatic carboxylic acids is 1. The highest BCUT2D eigenvalue weighted by Crippen LogP contribution is 2.10. The number of rotatable bonds is 10. The topological polar surface area (TPSA) is 40.1 Å². The summed E-state index contributed by atoms with van der Waals surface area (Å²) < 4.78 is 1.32. The predicted octanol–water partition coefficient (Wildman–Crippen LogP) is 2.76. The minimum absolute atomic E-state index is 0.722. The van der Waals surface area contributed by atoms with E-state index in [1.54, 1.807) is 0 Å². The molecule has 0 aliphatic heterocycles. The molecule has 0 radical (unpaired) electrons. The summed E-state index contributed by atoms with van der Waals surface area (Å²) in [4.78, 5) is 9.14. The maximum atomic E-state index is 9.14. The van der Waals surface area contributed by atoms with Crippen molar-refractivity contribution in [3.05, 3.63) is 12.7 Å². The molecule has 3 heteroatoms. The fourth-order valence-corrected chi connectivity index (χ4v) is 1.95. The van der Waals surface area contributed by atoms with Crippen LogP contribution in [0.4, 0.5) is 0 Å². The summed E-state index contributed by atoms with van der Waals surface area (Å²) in [5.41, 5.74) is 0. The molecule has 0 amide bonds. The number of hydrogen-bond donors (Lipinski definition) is 0. The van der Waals surface area contributed by atoms with Crippen molar-refractivity contribution in [2.75, 3.05) is 26.7 Å². The van der Waals surface area contributed by atoms with Gasteiger partial charge in [0.15, 0.2) is 0 Å². The average Bonchev–Trinajstić information content (AvgIpc) is 2.41. The third-order valence-corrected chi connectivity index (χ3v) is 3.32. The van der Waals surface area contributed by atoms with Crippen LogP contribution < -0.4 is 5.11 Å². The molecule has 0 fully saturated rings. The van der Waals surface area contributed by atoms with E-state index in [0.717, 1.165) is 6.08 Å². The molecule has 0 aromatic carbocycles. The van der Waals surface area contributed by atoms with Crippen molar-refractivity contribution in [2.24, 2.45) is 0 Å². The summed E-state index contributed by atoms with van der Waals surface area (Å²) in [6, 6.07) is 0. The van der Waals surface area contributed by atoms with Gasteiger partial charge in [-0.2, -0.15) is 0 Å². The van der Waals surface area contributed by atoms with E-state index in [1.165, 1.54) is 62.6 Å². The summed E-state index contributed by atoms with van der Waals surface area (Å²) in [6.45, 7) is 13.9. The summed E-state index contributed by atoms with van der Waals surface area (Å²) >= 11 is 0. The first-order valence-electron chi connectivity index (χ1n) is 7.62. The van der Waals surface area contributed by atoms with Crippen molar-refractivity contribution in [2.45, 2.75) is 59.3 Å². The Labute approximate surface area is 119 Å². The van der Waals surface area contributed by atoms with E-state index in [1.807, 2.05) is 0 Å². The molecule has 0 unspecified atom stereocenters. The Bertz CT molecular complexity index is 205. The zero-order valence-corrected chi connectivity index (χ0v) is 13.4. The highest BCUT2D eigenvalue weighted by atomic mass is 16.4. The summed E-state index contributed by atoms with van der Waals surface area (Å²) in [5.74, 6) is -1.23. The maximum Gasteiger partial charge on any atom is 0.0784 e. The van der Waals surface area contributed by atoms with Crippen LogP contribution in [0.2, 0.25) is 0 Å².